The van der Waals surface area contributed by atoms with E-state index in [1.807, 2.05) is 25.1 Å². The number of anilines is 1. The summed E-state index contributed by atoms with van der Waals surface area (Å²) in [5.74, 6) is -0.634. The van der Waals surface area contributed by atoms with Crippen molar-refractivity contribution >= 4 is 17.6 Å². The van der Waals surface area contributed by atoms with Crippen LogP contribution in [0.25, 0.3) is 0 Å². The highest BCUT2D eigenvalue weighted by Gasteiger charge is 2.09. The van der Waals surface area contributed by atoms with E-state index in [2.05, 4.69) is 5.32 Å². The monoisotopic (exact) mass is 324 g/mol. The Morgan fingerprint density at radius 3 is 2.46 bits per heavy atom. The molecule has 0 saturated carbocycles. The van der Waals surface area contributed by atoms with Gasteiger partial charge in [0.15, 0.2) is 13.2 Å². The number of aryl methyl sites for hydroxylation is 1. The van der Waals surface area contributed by atoms with E-state index in [0.29, 0.717) is 17.0 Å². The van der Waals surface area contributed by atoms with Crippen LogP contribution in [-0.4, -0.2) is 25.1 Å². The molecule has 0 aromatic heterocycles. The number of hydrogen-bond acceptors (Lipinski definition) is 5. The molecule has 0 aliphatic heterocycles. The number of carbonyl (C=O) groups excluding carboxylic acids is 2. The maximum atomic E-state index is 11.8. The number of benzene rings is 2. The number of amides is 1. The summed E-state index contributed by atoms with van der Waals surface area (Å²) in [5, 5.41) is 11.4. The third-order valence-electron chi connectivity index (χ3n) is 3.12. The lowest BCUT2D eigenvalue weighted by Gasteiger charge is -2.09. The number of nitrogens with one attached hydrogen (secondary N) is 1. The normalized spacial score (nSPS) is 9.67. The Bertz CT molecular complexity index is 763. The van der Waals surface area contributed by atoms with Crippen LogP contribution in [0.2, 0.25) is 0 Å². The molecule has 0 radical (unpaired) electrons. The molecular formula is C18H16N2O4. The summed E-state index contributed by atoms with van der Waals surface area (Å²) < 4.78 is 10.1. The number of rotatable bonds is 6. The summed E-state index contributed by atoms with van der Waals surface area (Å²) >= 11 is 0. The molecule has 2 aromatic rings. The summed E-state index contributed by atoms with van der Waals surface area (Å²) in [6.07, 6.45) is 0. The quantitative estimate of drug-likeness (QED) is 0.824. The Morgan fingerprint density at radius 1 is 1.08 bits per heavy atom. The van der Waals surface area contributed by atoms with Gasteiger partial charge >= 0.3 is 5.97 Å². The van der Waals surface area contributed by atoms with Crippen LogP contribution < -0.4 is 10.1 Å². The summed E-state index contributed by atoms with van der Waals surface area (Å²) in [5.41, 5.74) is 2.09. The molecule has 6 heteroatoms. The van der Waals surface area contributed by atoms with Crippen LogP contribution in [0, 0.1) is 18.3 Å². The van der Waals surface area contributed by atoms with E-state index >= 15 is 0 Å². The summed E-state index contributed by atoms with van der Waals surface area (Å²) in [4.78, 5) is 23.3. The minimum Gasteiger partial charge on any atom is -0.482 e. The van der Waals surface area contributed by atoms with E-state index in [4.69, 9.17) is 14.7 Å². The van der Waals surface area contributed by atoms with E-state index in [1.165, 1.54) is 0 Å². The van der Waals surface area contributed by atoms with Crippen LogP contribution in [0.1, 0.15) is 11.1 Å². The maximum absolute atomic E-state index is 11.8. The molecule has 24 heavy (non-hydrogen) atoms. The molecule has 2 rings (SSSR count). The molecule has 0 atom stereocenters. The molecule has 0 saturated heterocycles. The molecule has 6 nitrogen and oxygen atoms in total. The van der Waals surface area contributed by atoms with Gasteiger partial charge in [0, 0.05) is 5.69 Å². The number of esters is 1. The van der Waals surface area contributed by atoms with E-state index < -0.39 is 11.9 Å². The van der Waals surface area contributed by atoms with Crippen LogP contribution in [0.4, 0.5) is 5.69 Å². The smallest absolute Gasteiger partial charge is 0.344 e. The second-order valence-corrected chi connectivity index (χ2v) is 4.95. The van der Waals surface area contributed by atoms with Gasteiger partial charge in [-0.1, -0.05) is 18.2 Å². The van der Waals surface area contributed by atoms with Crippen molar-refractivity contribution in [2.24, 2.45) is 0 Å². The molecule has 2 aromatic carbocycles. The van der Waals surface area contributed by atoms with Crippen molar-refractivity contribution < 1.29 is 19.1 Å². The van der Waals surface area contributed by atoms with Gasteiger partial charge in [0.1, 0.15) is 5.75 Å². The molecule has 0 fully saturated rings. The van der Waals surface area contributed by atoms with Crippen LogP contribution in [0.5, 0.6) is 5.75 Å². The molecule has 1 N–H and O–H groups in total. The van der Waals surface area contributed by atoms with Gasteiger partial charge in [0.25, 0.3) is 5.91 Å². The number of para-hydroxylation sites is 1. The molecular weight excluding hydrogens is 308 g/mol. The molecule has 0 heterocycles. The first-order chi connectivity index (χ1) is 11.6. The molecule has 0 unspecified atom stereocenters. The SMILES string of the molecule is Cc1ccccc1NC(=O)COC(=O)COc1ccc(C#N)cc1. The molecule has 122 valence electrons. The van der Waals surface area contributed by atoms with Crippen molar-refractivity contribution in [2.75, 3.05) is 18.5 Å². The Balaban J connectivity index is 1.73. The fraction of sp³-hybridized carbons (Fsp3) is 0.167. The van der Waals surface area contributed by atoms with E-state index in [-0.39, 0.29) is 13.2 Å². The summed E-state index contributed by atoms with van der Waals surface area (Å²) in [6, 6.07) is 15.6. The van der Waals surface area contributed by atoms with Crippen molar-refractivity contribution in [3.8, 4) is 11.8 Å². The van der Waals surface area contributed by atoms with Crippen LogP contribution in [0.3, 0.4) is 0 Å². The number of nitrogens with zero attached hydrogens (tertiary/aromatic N) is 1. The van der Waals surface area contributed by atoms with E-state index in [0.717, 1.165) is 5.56 Å². The topological polar surface area (TPSA) is 88.4 Å². The Kier molecular flexibility index (Phi) is 5.92. The van der Waals surface area contributed by atoms with Crippen molar-refractivity contribution in [1.82, 2.24) is 0 Å². The minimum atomic E-state index is -0.653. The number of hydrogen-bond donors (Lipinski definition) is 1. The second-order valence-electron chi connectivity index (χ2n) is 4.95. The third kappa shape index (κ3) is 5.14. The van der Waals surface area contributed by atoms with Crippen LogP contribution >= 0.6 is 0 Å². The predicted molar refractivity (Wildman–Crippen MR) is 87.4 cm³/mol. The van der Waals surface area contributed by atoms with Gasteiger partial charge in [0.2, 0.25) is 0 Å². The number of carbonyl (C=O) groups is 2. The molecule has 0 aliphatic carbocycles. The molecule has 0 spiro atoms. The van der Waals surface area contributed by atoms with Crippen molar-refractivity contribution in [3.63, 3.8) is 0 Å². The Labute approximate surface area is 139 Å². The number of nitriles is 1. The summed E-state index contributed by atoms with van der Waals surface area (Å²) in [7, 11) is 0. The lowest BCUT2D eigenvalue weighted by atomic mass is 10.2. The fourth-order valence-electron chi connectivity index (χ4n) is 1.86. The predicted octanol–water partition coefficient (Wildman–Crippen LogP) is 2.43. The van der Waals surface area contributed by atoms with E-state index in [9.17, 15) is 9.59 Å². The number of ether oxygens (including phenoxy) is 2. The van der Waals surface area contributed by atoms with Gasteiger partial charge in [0.05, 0.1) is 11.6 Å². The van der Waals surface area contributed by atoms with Crippen LogP contribution in [-0.2, 0) is 14.3 Å². The highest BCUT2D eigenvalue weighted by Crippen LogP contribution is 2.13. The lowest BCUT2D eigenvalue weighted by Crippen LogP contribution is -2.23. The molecule has 1 amide bonds. The van der Waals surface area contributed by atoms with Crippen molar-refractivity contribution in [3.05, 3.63) is 59.7 Å². The van der Waals surface area contributed by atoms with Gasteiger partial charge in [-0.25, -0.2) is 4.79 Å². The average Bonchev–Trinajstić information content (AvgIpc) is 2.60. The van der Waals surface area contributed by atoms with Gasteiger partial charge < -0.3 is 14.8 Å². The zero-order valence-corrected chi connectivity index (χ0v) is 13.1. The Hall–Kier alpha value is -3.33. The maximum Gasteiger partial charge on any atom is 0.344 e. The van der Waals surface area contributed by atoms with Gasteiger partial charge in [-0.15, -0.1) is 0 Å². The lowest BCUT2D eigenvalue weighted by molar-refractivity contribution is -0.149. The zero-order chi connectivity index (χ0) is 17.4. The minimum absolute atomic E-state index is 0.316. The van der Waals surface area contributed by atoms with Crippen molar-refractivity contribution in [2.45, 2.75) is 6.92 Å². The third-order valence-corrected chi connectivity index (χ3v) is 3.12. The average molecular weight is 324 g/mol. The summed E-state index contributed by atoms with van der Waals surface area (Å²) in [6.45, 7) is 1.17. The highest BCUT2D eigenvalue weighted by molar-refractivity contribution is 5.93. The first kappa shape index (κ1) is 17.0. The molecule has 0 aliphatic rings. The Morgan fingerprint density at radius 2 is 1.79 bits per heavy atom. The first-order valence-electron chi connectivity index (χ1n) is 7.22. The van der Waals surface area contributed by atoms with Gasteiger partial charge in [-0.3, -0.25) is 4.79 Å². The first-order valence-corrected chi connectivity index (χ1v) is 7.22. The standard InChI is InChI=1S/C18H16N2O4/c1-13-4-2-3-5-16(13)20-17(21)11-24-18(22)12-23-15-8-6-14(10-19)7-9-15/h2-9H,11-12H2,1H3,(H,20,21). The fourth-order valence-corrected chi connectivity index (χ4v) is 1.86. The second kappa shape index (κ2) is 8.34. The van der Waals surface area contributed by atoms with Crippen LogP contribution in [0.15, 0.2) is 48.5 Å². The van der Waals surface area contributed by atoms with Crippen molar-refractivity contribution in [1.29, 1.82) is 5.26 Å². The van der Waals surface area contributed by atoms with Gasteiger partial charge in [-0.2, -0.15) is 5.26 Å². The molecule has 0 bridgehead atoms. The highest BCUT2D eigenvalue weighted by atomic mass is 16.6. The largest absolute Gasteiger partial charge is 0.482 e. The van der Waals surface area contributed by atoms with E-state index in [1.54, 1.807) is 36.4 Å². The zero-order valence-electron chi connectivity index (χ0n) is 13.1. The van der Waals surface area contributed by atoms with Gasteiger partial charge in [-0.05, 0) is 42.8 Å².